The van der Waals surface area contributed by atoms with Crippen LogP contribution in [-0.4, -0.2) is 37.8 Å². The fourth-order valence-electron chi connectivity index (χ4n) is 4.36. The normalized spacial score (nSPS) is 22.0. The molecule has 1 saturated carbocycles. The summed E-state index contributed by atoms with van der Waals surface area (Å²) in [5, 5.41) is 9.71. The van der Waals surface area contributed by atoms with Crippen molar-refractivity contribution in [2.45, 2.75) is 77.7 Å². The van der Waals surface area contributed by atoms with Crippen molar-refractivity contribution >= 4 is 17.5 Å². The molecule has 0 bridgehead atoms. The Morgan fingerprint density at radius 3 is 2.61 bits per heavy atom. The van der Waals surface area contributed by atoms with E-state index in [1.165, 1.54) is 0 Å². The third kappa shape index (κ3) is 3.80. The number of aromatic nitrogens is 3. The van der Waals surface area contributed by atoms with Gasteiger partial charge in [0.2, 0.25) is 5.91 Å². The quantitative estimate of drug-likeness (QED) is 0.770. The maximum Gasteiger partial charge on any atom is 0.220 e. The van der Waals surface area contributed by atoms with Crippen molar-refractivity contribution in [1.82, 2.24) is 19.7 Å². The third-order valence-corrected chi connectivity index (χ3v) is 5.92. The van der Waals surface area contributed by atoms with E-state index < -0.39 is 0 Å². The zero-order valence-corrected chi connectivity index (χ0v) is 17.4. The van der Waals surface area contributed by atoms with Crippen LogP contribution in [0.2, 0.25) is 5.02 Å². The molecule has 2 aliphatic rings. The van der Waals surface area contributed by atoms with E-state index in [1.807, 2.05) is 18.2 Å². The molecular weight excluding hydrogens is 376 g/mol. The molecule has 1 fully saturated rings. The van der Waals surface area contributed by atoms with Gasteiger partial charge >= 0.3 is 0 Å². The first kappa shape index (κ1) is 19.4. The van der Waals surface area contributed by atoms with Crippen molar-refractivity contribution in [3.63, 3.8) is 0 Å². The Labute approximate surface area is 170 Å². The number of fused-ring (bicyclic) bond motifs is 3. The van der Waals surface area contributed by atoms with Crippen LogP contribution in [0.1, 0.15) is 69.6 Å². The summed E-state index contributed by atoms with van der Waals surface area (Å²) in [5.74, 6) is 2.18. The molecule has 2 heterocycles. The summed E-state index contributed by atoms with van der Waals surface area (Å²) in [4.78, 5) is 13.9. The highest BCUT2D eigenvalue weighted by atomic mass is 35.5. The average Bonchev–Trinajstić information content (AvgIpc) is 2.97. The van der Waals surface area contributed by atoms with Crippen LogP contribution in [0.5, 0.6) is 0 Å². The molecule has 6 nitrogen and oxygen atoms in total. The first-order valence-corrected chi connectivity index (χ1v) is 10.4. The third-order valence-electron chi connectivity index (χ3n) is 5.68. The van der Waals surface area contributed by atoms with Gasteiger partial charge in [-0.15, -0.1) is 10.2 Å². The standard InChI is InChI=1S/C21H27ClN4O2/c1-13(2)28-18-7-4-15(5-8-18)21-24-23-20-12-25(14(3)27)11-16-10-17(22)6-9-19(16)26(20)21/h6,9-10,13,15,18H,4-5,7-8,11-12H2,1-3H3. The number of carbonyl (C=O) groups excluding carboxylic acids is 1. The van der Waals surface area contributed by atoms with E-state index in [0.29, 0.717) is 30.1 Å². The minimum atomic E-state index is 0.0234. The number of carbonyl (C=O) groups is 1. The van der Waals surface area contributed by atoms with Crippen molar-refractivity contribution in [3.05, 3.63) is 40.4 Å². The molecule has 1 amide bonds. The Morgan fingerprint density at radius 1 is 1.18 bits per heavy atom. The minimum Gasteiger partial charge on any atom is -0.376 e. The van der Waals surface area contributed by atoms with Crippen molar-refractivity contribution in [3.8, 4) is 5.69 Å². The second kappa shape index (κ2) is 7.84. The molecule has 4 rings (SSSR count). The van der Waals surface area contributed by atoms with Gasteiger partial charge in [0.15, 0.2) is 5.82 Å². The summed E-state index contributed by atoms with van der Waals surface area (Å²) in [7, 11) is 0. The lowest BCUT2D eigenvalue weighted by Crippen LogP contribution is -2.27. The Morgan fingerprint density at radius 2 is 1.93 bits per heavy atom. The molecule has 0 spiro atoms. The maximum absolute atomic E-state index is 12.1. The van der Waals surface area contributed by atoms with Crippen molar-refractivity contribution < 1.29 is 9.53 Å². The van der Waals surface area contributed by atoms with Gasteiger partial charge in [0.1, 0.15) is 5.82 Å². The van der Waals surface area contributed by atoms with Crippen LogP contribution >= 0.6 is 11.6 Å². The van der Waals surface area contributed by atoms with E-state index in [9.17, 15) is 4.79 Å². The number of ether oxygens (including phenoxy) is 1. The lowest BCUT2D eigenvalue weighted by Gasteiger charge is -2.29. The van der Waals surface area contributed by atoms with Gasteiger partial charge in [-0.2, -0.15) is 0 Å². The predicted molar refractivity (Wildman–Crippen MR) is 108 cm³/mol. The summed E-state index contributed by atoms with van der Waals surface area (Å²) in [5.41, 5.74) is 2.06. The molecule has 7 heteroatoms. The Bertz CT molecular complexity index is 871. The van der Waals surface area contributed by atoms with Gasteiger partial charge in [0.25, 0.3) is 0 Å². The molecule has 1 aromatic heterocycles. The van der Waals surface area contributed by atoms with Gasteiger partial charge in [-0.1, -0.05) is 11.6 Å². The smallest absolute Gasteiger partial charge is 0.220 e. The molecule has 0 saturated heterocycles. The zero-order valence-electron chi connectivity index (χ0n) is 16.7. The van der Waals surface area contributed by atoms with Crippen LogP contribution in [-0.2, 0) is 22.6 Å². The minimum absolute atomic E-state index is 0.0234. The highest BCUT2D eigenvalue weighted by molar-refractivity contribution is 6.30. The van der Waals surface area contributed by atoms with E-state index >= 15 is 0 Å². The number of hydrogen-bond acceptors (Lipinski definition) is 4. The SMILES string of the molecule is CC(=O)N1Cc2cc(Cl)ccc2-n2c(nnc2C2CCC(OC(C)C)CC2)C1. The molecule has 1 aliphatic carbocycles. The highest BCUT2D eigenvalue weighted by Crippen LogP contribution is 2.37. The van der Waals surface area contributed by atoms with Crippen LogP contribution in [0, 0.1) is 0 Å². The zero-order chi connectivity index (χ0) is 19.8. The van der Waals surface area contributed by atoms with Crippen LogP contribution in [0.4, 0.5) is 0 Å². The van der Waals surface area contributed by atoms with E-state index in [4.69, 9.17) is 16.3 Å². The molecule has 1 aliphatic heterocycles. The van der Waals surface area contributed by atoms with Crippen LogP contribution in [0.25, 0.3) is 5.69 Å². The van der Waals surface area contributed by atoms with E-state index in [-0.39, 0.29) is 12.0 Å². The predicted octanol–water partition coefficient (Wildman–Crippen LogP) is 4.23. The summed E-state index contributed by atoms with van der Waals surface area (Å²) >= 11 is 6.25. The van der Waals surface area contributed by atoms with Crippen LogP contribution in [0.3, 0.4) is 0 Å². The molecule has 150 valence electrons. The molecule has 1 aromatic carbocycles. The number of benzene rings is 1. The molecule has 0 radical (unpaired) electrons. The molecule has 2 aromatic rings. The van der Waals surface area contributed by atoms with Crippen LogP contribution in [0.15, 0.2) is 18.2 Å². The second-order valence-electron chi connectivity index (χ2n) is 8.12. The first-order valence-electron chi connectivity index (χ1n) is 10.1. The van der Waals surface area contributed by atoms with E-state index in [1.54, 1.807) is 11.8 Å². The fourth-order valence-corrected chi connectivity index (χ4v) is 4.55. The molecular formula is C21H27ClN4O2. The summed E-state index contributed by atoms with van der Waals surface area (Å²) in [6.07, 6.45) is 4.75. The second-order valence-corrected chi connectivity index (χ2v) is 8.55. The van der Waals surface area contributed by atoms with Crippen molar-refractivity contribution in [2.75, 3.05) is 0 Å². The lowest BCUT2D eigenvalue weighted by molar-refractivity contribution is -0.130. The monoisotopic (exact) mass is 402 g/mol. The molecule has 0 N–H and O–H groups in total. The van der Waals surface area contributed by atoms with E-state index in [0.717, 1.165) is 48.6 Å². The Hall–Kier alpha value is -1.92. The highest BCUT2D eigenvalue weighted by Gasteiger charge is 2.31. The molecule has 28 heavy (non-hydrogen) atoms. The first-order chi connectivity index (χ1) is 13.4. The number of nitrogens with zero attached hydrogens (tertiary/aromatic N) is 4. The topological polar surface area (TPSA) is 60.2 Å². The number of hydrogen-bond donors (Lipinski definition) is 0. The van der Waals surface area contributed by atoms with Crippen molar-refractivity contribution in [2.24, 2.45) is 0 Å². The fraction of sp³-hybridized carbons (Fsp3) is 0.571. The molecule has 0 unspecified atom stereocenters. The summed E-state index contributed by atoms with van der Waals surface area (Å²) in [6.45, 7) is 6.76. The van der Waals surface area contributed by atoms with Gasteiger partial charge in [-0.3, -0.25) is 9.36 Å². The van der Waals surface area contributed by atoms with Gasteiger partial charge in [-0.05, 0) is 63.3 Å². The largest absolute Gasteiger partial charge is 0.376 e. The Balaban J connectivity index is 1.67. The number of rotatable bonds is 3. The van der Waals surface area contributed by atoms with Crippen molar-refractivity contribution in [1.29, 1.82) is 0 Å². The van der Waals surface area contributed by atoms with E-state index in [2.05, 4.69) is 28.6 Å². The Kier molecular flexibility index (Phi) is 5.43. The maximum atomic E-state index is 12.1. The van der Waals surface area contributed by atoms with Gasteiger partial charge < -0.3 is 9.64 Å². The lowest BCUT2D eigenvalue weighted by atomic mass is 9.86. The average molecular weight is 403 g/mol. The number of halogens is 1. The van der Waals surface area contributed by atoms with Gasteiger partial charge in [0, 0.05) is 24.4 Å². The van der Waals surface area contributed by atoms with Gasteiger partial charge in [0.05, 0.1) is 24.4 Å². The van der Waals surface area contributed by atoms with Crippen LogP contribution < -0.4 is 0 Å². The van der Waals surface area contributed by atoms with Gasteiger partial charge in [-0.25, -0.2) is 0 Å². The molecule has 0 atom stereocenters. The summed E-state index contributed by atoms with van der Waals surface area (Å²) in [6, 6.07) is 5.86. The summed E-state index contributed by atoms with van der Waals surface area (Å²) < 4.78 is 8.15. The number of amides is 1.